The van der Waals surface area contributed by atoms with Gasteiger partial charge in [0.15, 0.2) is 5.69 Å². The zero-order valence-corrected chi connectivity index (χ0v) is 19.2. The average Bonchev–Trinajstić information content (AvgIpc) is 3.13. The van der Waals surface area contributed by atoms with Crippen molar-refractivity contribution in [2.45, 2.75) is 49.9 Å². The maximum atomic E-state index is 12.2. The van der Waals surface area contributed by atoms with E-state index in [0.29, 0.717) is 11.4 Å². The molecule has 1 aromatic heterocycles. The van der Waals surface area contributed by atoms with Crippen molar-refractivity contribution < 1.29 is 19.4 Å². The Kier molecular flexibility index (Phi) is 5.73. The van der Waals surface area contributed by atoms with Gasteiger partial charge in [0, 0.05) is 27.0 Å². The van der Waals surface area contributed by atoms with E-state index in [0.717, 1.165) is 28.1 Å². The number of anilines is 1. The van der Waals surface area contributed by atoms with E-state index in [1.54, 1.807) is 55.4 Å². The van der Waals surface area contributed by atoms with Crippen molar-refractivity contribution in [1.82, 2.24) is 9.78 Å². The third kappa shape index (κ3) is 4.23. The van der Waals surface area contributed by atoms with E-state index < -0.39 is 17.7 Å². The molecule has 8 heteroatoms. The SMILES string of the molecule is CCC1Sc2ccccc2-c2c1c(C(=O)O)nn2-c1cccc(NC(=O)OC(C)(C)C)c1. The van der Waals surface area contributed by atoms with Crippen LogP contribution in [0.25, 0.3) is 16.9 Å². The second kappa shape index (κ2) is 8.35. The third-order valence-corrected chi connectivity index (χ3v) is 6.43. The normalized spacial score (nSPS) is 14.9. The van der Waals surface area contributed by atoms with Crippen molar-refractivity contribution in [2.75, 3.05) is 5.32 Å². The molecular formula is C24H25N3O4S. The van der Waals surface area contributed by atoms with Crippen molar-refractivity contribution in [2.24, 2.45) is 0 Å². The summed E-state index contributed by atoms with van der Waals surface area (Å²) in [7, 11) is 0. The Labute approximate surface area is 190 Å². The minimum atomic E-state index is -1.05. The summed E-state index contributed by atoms with van der Waals surface area (Å²) in [5.74, 6) is -1.05. The van der Waals surface area contributed by atoms with Crippen molar-refractivity contribution in [1.29, 1.82) is 0 Å². The highest BCUT2D eigenvalue weighted by Crippen LogP contribution is 2.52. The van der Waals surface area contributed by atoms with Gasteiger partial charge in [-0.1, -0.05) is 31.2 Å². The molecule has 0 saturated heterocycles. The van der Waals surface area contributed by atoms with E-state index in [1.807, 2.05) is 37.3 Å². The zero-order chi connectivity index (χ0) is 23.0. The van der Waals surface area contributed by atoms with Crippen LogP contribution in [0, 0.1) is 0 Å². The van der Waals surface area contributed by atoms with E-state index in [1.165, 1.54) is 0 Å². The van der Waals surface area contributed by atoms with Gasteiger partial charge in [0.25, 0.3) is 0 Å². The second-order valence-electron chi connectivity index (χ2n) is 8.52. The quantitative estimate of drug-likeness (QED) is 0.495. The topological polar surface area (TPSA) is 93.5 Å². The van der Waals surface area contributed by atoms with E-state index in [2.05, 4.69) is 10.4 Å². The van der Waals surface area contributed by atoms with Crippen LogP contribution in [-0.2, 0) is 4.74 Å². The van der Waals surface area contributed by atoms with Gasteiger partial charge in [-0.2, -0.15) is 5.10 Å². The van der Waals surface area contributed by atoms with Crippen LogP contribution in [0.4, 0.5) is 10.5 Å². The standard InChI is InChI=1S/C24H25N3O4S/c1-5-17-19-20(22(28)29)26-27(21(19)16-11-6-7-12-18(16)32-17)15-10-8-9-14(13-15)25-23(30)31-24(2,3)4/h6-13,17H,5H2,1-4H3,(H,25,30)(H,28,29). The first-order valence-corrected chi connectivity index (χ1v) is 11.3. The molecule has 0 radical (unpaired) electrons. The molecule has 32 heavy (non-hydrogen) atoms. The van der Waals surface area contributed by atoms with Gasteiger partial charge in [-0.15, -0.1) is 11.8 Å². The second-order valence-corrected chi connectivity index (χ2v) is 9.76. The highest BCUT2D eigenvalue weighted by molar-refractivity contribution is 7.99. The first-order chi connectivity index (χ1) is 15.2. The molecule has 3 aromatic rings. The molecular weight excluding hydrogens is 426 g/mol. The Morgan fingerprint density at radius 1 is 1.19 bits per heavy atom. The van der Waals surface area contributed by atoms with Crippen LogP contribution in [-0.4, -0.2) is 32.6 Å². The first kappa shape index (κ1) is 22.0. The highest BCUT2D eigenvalue weighted by atomic mass is 32.2. The number of fused-ring (bicyclic) bond motifs is 3. The van der Waals surface area contributed by atoms with Crippen LogP contribution in [0.5, 0.6) is 0 Å². The molecule has 0 fully saturated rings. The summed E-state index contributed by atoms with van der Waals surface area (Å²) in [5.41, 5.74) is 3.08. The number of amides is 1. The number of rotatable bonds is 4. The van der Waals surface area contributed by atoms with Crippen molar-refractivity contribution in [3.05, 3.63) is 59.8 Å². The summed E-state index contributed by atoms with van der Waals surface area (Å²) in [4.78, 5) is 25.4. The Balaban J connectivity index is 1.83. The molecule has 1 amide bonds. The van der Waals surface area contributed by atoms with Gasteiger partial charge in [0.2, 0.25) is 0 Å². The fourth-order valence-corrected chi connectivity index (χ4v) is 5.00. The summed E-state index contributed by atoms with van der Waals surface area (Å²) in [5, 5.41) is 17.1. The number of aromatic carboxylic acids is 1. The summed E-state index contributed by atoms with van der Waals surface area (Å²) in [6.07, 6.45) is 0.217. The maximum absolute atomic E-state index is 12.2. The van der Waals surface area contributed by atoms with Gasteiger partial charge in [-0.3, -0.25) is 5.32 Å². The molecule has 0 saturated carbocycles. The molecule has 2 N–H and O–H groups in total. The fourth-order valence-electron chi connectivity index (χ4n) is 3.74. The lowest BCUT2D eigenvalue weighted by molar-refractivity contribution is 0.0634. The van der Waals surface area contributed by atoms with E-state index >= 15 is 0 Å². The Bertz CT molecular complexity index is 1200. The van der Waals surface area contributed by atoms with Gasteiger partial charge in [0.05, 0.1) is 11.4 Å². The van der Waals surface area contributed by atoms with Crippen LogP contribution in [0.2, 0.25) is 0 Å². The molecule has 1 unspecified atom stereocenters. The number of carboxylic acids is 1. The number of ether oxygens (including phenoxy) is 1. The van der Waals surface area contributed by atoms with Gasteiger partial charge in [0.1, 0.15) is 5.60 Å². The molecule has 0 spiro atoms. The lowest BCUT2D eigenvalue weighted by Crippen LogP contribution is -2.27. The van der Waals surface area contributed by atoms with Crippen LogP contribution in [0.3, 0.4) is 0 Å². The van der Waals surface area contributed by atoms with Crippen LogP contribution >= 0.6 is 11.8 Å². The molecule has 2 heterocycles. The monoisotopic (exact) mass is 451 g/mol. The minimum absolute atomic E-state index is 0.0113. The molecule has 4 rings (SSSR count). The minimum Gasteiger partial charge on any atom is -0.476 e. The molecule has 0 aliphatic carbocycles. The molecule has 1 atom stereocenters. The first-order valence-electron chi connectivity index (χ1n) is 10.4. The van der Waals surface area contributed by atoms with Crippen LogP contribution < -0.4 is 5.32 Å². The molecule has 2 aromatic carbocycles. The molecule has 1 aliphatic rings. The summed E-state index contributed by atoms with van der Waals surface area (Å²) in [6.45, 7) is 7.44. The fraction of sp³-hybridized carbons (Fsp3) is 0.292. The van der Waals surface area contributed by atoms with E-state index in [4.69, 9.17) is 4.74 Å². The number of carbonyl (C=O) groups is 2. The number of nitrogens with zero attached hydrogens (tertiary/aromatic N) is 2. The predicted molar refractivity (Wildman–Crippen MR) is 125 cm³/mol. The van der Waals surface area contributed by atoms with E-state index in [-0.39, 0.29) is 10.9 Å². The number of carboxylic acid groups (broad SMARTS) is 1. The van der Waals surface area contributed by atoms with Gasteiger partial charge in [-0.25, -0.2) is 14.3 Å². The lowest BCUT2D eigenvalue weighted by Gasteiger charge is -2.25. The van der Waals surface area contributed by atoms with E-state index in [9.17, 15) is 14.7 Å². The van der Waals surface area contributed by atoms with Gasteiger partial charge >= 0.3 is 12.1 Å². The number of thioether (sulfide) groups is 1. The smallest absolute Gasteiger partial charge is 0.412 e. The Morgan fingerprint density at radius 3 is 2.62 bits per heavy atom. The average molecular weight is 452 g/mol. The van der Waals surface area contributed by atoms with Crippen molar-refractivity contribution >= 4 is 29.5 Å². The van der Waals surface area contributed by atoms with Gasteiger partial charge in [-0.05, 0) is 51.5 Å². The number of nitrogens with one attached hydrogen (secondary N) is 1. The predicted octanol–water partition coefficient (Wildman–Crippen LogP) is 6.14. The maximum Gasteiger partial charge on any atom is 0.412 e. The third-order valence-electron chi connectivity index (χ3n) is 4.96. The van der Waals surface area contributed by atoms with Crippen molar-refractivity contribution in [3.8, 4) is 16.9 Å². The Hall–Kier alpha value is -3.26. The number of carbonyl (C=O) groups excluding carboxylic acids is 1. The Morgan fingerprint density at radius 2 is 1.94 bits per heavy atom. The van der Waals surface area contributed by atoms with Crippen molar-refractivity contribution in [3.63, 3.8) is 0 Å². The number of hydrogen-bond donors (Lipinski definition) is 2. The molecule has 7 nitrogen and oxygen atoms in total. The number of hydrogen-bond acceptors (Lipinski definition) is 5. The number of aromatic nitrogens is 2. The largest absolute Gasteiger partial charge is 0.476 e. The lowest BCUT2D eigenvalue weighted by atomic mass is 10.00. The summed E-state index contributed by atoms with van der Waals surface area (Å²) in [6, 6.07) is 15.1. The highest BCUT2D eigenvalue weighted by Gasteiger charge is 2.34. The molecule has 1 aliphatic heterocycles. The van der Waals surface area contributed by atoms with Gasteiger partial charge < -0.3 is 9.84 Å². The zero-order valence-electron chi connectivity index (χ0n) is 18.4. The molecule has 166 valence electrons. The van der Waals surface area contributed by atoms with Crippen LogP contribution in [0.1, 0.15) is 55.4 Å². The van der Waals surface area contributed by atoms with Crippen LogP contribution in [0.15, 0.2) is 53.4 Å². The summed E-state index contributed by atoms with van der Waals surface area (Å²) >= 11 is 1.67. The summed E-state index contributed by atoms with van der Waals surface area (Å²) < 4.78 is 7.00. The molecule has 0 bridgehead atoms. The number of benzene rings is 2.